The van der Waals surface area contributed by atoms with Crippen LogP contribution in [0.1, 0.15) is 13.3 Å². The largest absolute Gasteiger partial charge is 0.453 e. The molecule has 1 N–H and O–H groups in total. The molecule has 0 saturated carbocycles. The standard InChI is InChI=1S/C19H20N2O3/c1-13(22)20-11-10-17(23)16(12-20)21-14-6-2-4-8-18(14)24-19-9-5-3-7-15(19)21/h2-9,16-17,23H,10-12H2,1H3/t16-,17-/m0/s1. The maximum absolute atomic E-state index is 11.8. The van der Waals surface area contributed by atoms with Crippen molar-refractivity contribution in [2.45, 2.75) is 25.5 Å². The number of anilines is 2. The number of hydrogen-bond acceptors (Lipinski definition) is 4. The van der Waals surface area contributed by atoms with Crippen molar-refractivity contribution in [3.8, 4) is 11.5 Å². The van der Waals surface area contributed by atoms with Crippen molar-refractivity contribution >= 4 is 17.3 Å². The molecule has 24 heavy (non-hydrogen) atoms. The van der Waals surface area contributed by atoms with Crippen LogP contribution in [-0.4, -0.2) is 41.1 Å². The molecule has 2 heterocycles. The predicted octanol–water partition coefficient (Wildman–Crippen LogP) is 2.91. The summed E-state index contributed by atoms with van der Waals surface area (Å²) in [6, 6.07) is 15.4. The van der Waals surface area contributed by atoms with E-state index in [1.807, 2.05) is 48.5 Å². The van der Waals surface area contributed by atoms with Gasteiger partial charge >= 0.3 is 0 Å². The molecule has 2 aromatic rings. The first kappa shape index (κ1) is 15.0. The van der Waals surface area contributed by atoms with E-state index in [2.05, 4.69) is 4.90 Å². The van der Waals surface area contributed by atoms with E-state index < -0.39 is 6.10 Å². The lowest BCUT2D eigenvalue weighted by Crippen LogP contribution is -2.55. The van der Waals surface area contributed by atoms with Crippen LogP contribution in [0.3, 0.4) is 0 Å². The van der Waals surface area contributed by atoms with Crippen LogP contribution < -0.4 is 9.64 Å². The summed E-state index contributed by atoms with van der Waals surface area (Å²) in [4.78, 5) is 15.7. The van der Waals surface area contributed by atoms with E-state index in [-0.39, 0.29) is 11.9 Å². The summed E-state index contributed by atoms with van der Waals surface area (Å²) in [5.41, 5.74) is 1.84. The number of para-hydroxylation sites is 4. The molecule has 0 radical (unpaired) electrons. The molecule has 2 atom stereocenters. The van der Waals surface area contributed by atoms with Crippen LogP contribution in [0, 0.1) is 0 Å². The molecule has 0 unspecified atom stereocenters. The third kappa shape index (κ3) is 2.41. The smallest absolute Gasteiger partial charge is 0.219 e. The Labute approximate surface area is 141 Å². The van der Waals surface area contributed by atoms with E-state index in [9.17, 15) is 9.90 Å². The first-order valence-electron chi connectivity index (χ1n) is 8.24. The van der Waals surface area contributed by atoms with Gasteiger partial charge in [-0.15, -0.1) is 0 Å². The summed E-state index contributed by atoms with van der Waals surface area (Å²) in [6.45, 7) is 2.68. The van der Waals surface area contributed by atoms with Crippen LogP contribution in [0.4, 0.5) is 11.4 Å². The second-order valence-corrected chi connectivity index (χ2v) is 6.30. The van der Waals surface area contributed by atoms with Crippen LogP contribution in [-0.2, 0) is 4.79 Å². The zero-order valence-corrected chi connectivity index (χ0v) is 13.6. The lowest BCUT2D eigenvalue weighted by molar-refractivity contribution is -0.131. The first-order valence-corrected chi connectivity index (χ1v) is 8.24. The molecule has 0 spiro atoms. The first-order chi connectivity index (χ1) is 11.6. The van der Waals surface area contributed by atoms with Crippen molar-refractivity contribution in [1.82, 2.24) is 4.90 Å². The molecule has 2 aliphatic rings. The van der Waals surface area contributed by atoms with Crippen LogP contribution in [0.2, 0.25) is 0 Å². The molecular formula is C19H20N2O3. The molecule has 0 aromatic heterocycles. The van der Waals surface area contributed by atoms with Gasteiger partial charge in [0.15, 0.2) is 11.5 Å². The van der Waals surface area contributed by atoms with E-state index >= 15 is 0 Å². The van der Waals surface area contributed by atoms with Crippen LogP contribution in [0.15, 0.2) is 48.5 Å². The number of carbonyl (C=O) groups is 1. The summed E-state index contributed by atoms with van der Waals surface area (Å²) in [5, 5.41) is 10.7. The van der Waals surface area contributed by atoms with Gasteiger partial charge in [-0.1, -0.05) is 24.3 Å². The number of likely N-dealkylation sites (tertiary alicyclic amines) is 1. The molecule has 0 aliphatic carbocycles. The Morgan fingerprint density at radius 3 is 2.25 bits per heavy atom. The number of rotatable bonds is 1. The Hall–Kier alpha value is -2.53. The van der Waals surface area contributed by atoms with Crippen molar-refractivity contribution in [2.75, 3.05) is 18.0 Å². The van der Waals surface area contributed by atoms with Gasteiger partial charge in [-0.05, 0) is 30.7 Å². The van der Waals surface area contributed by atoms with Crippen LogP contribution in [0.5, 0.6) is 11.5 Å². The third-order valence-corrected chi connectivity index (χ3v) is 4.79. The van der Waals surface area contributed by atoms with Crippen molar-refractivity contribution in [3.63, 3.8) is 0 Å². The number of aliphatic hydroxyl groups excluding tert-OH is 1. The molecule has 2 aromatic carbocycles. The van der Waals surface area contributed by atoms with Gasteiger partial charge in [-0.2, -0.15) is 0 Å². The number of carbonyl (C=O) groups excluding carboxylic acids is 1. The molecule has 2 aliphatic heterocycles. The summed E-state index contributed by atoms with van der Waals surface area (Å²) in [5.74, 6) is 1.58. The van der Waals surface area contributed by atoms with Gasteiger partial charge in [-0.3, -0.25) is 4.79 Å². The lowest BCUT2D eigenvalue weighted by atomic mass is 9.98. The number of fused-ring (bicyclic) bond motifs is 2. The zero-order valence-electron chi connectivity index (χ0n) is 13.6. The molecule has 0 bridgehead atoms. The van der Waals surface area contributed by atoms with Gasteiger partial charge in [0.1, 0.15) is 0 Å². The van der Waals surface area contributed by atoms with Gasteiger partial charge < -0.3 is 19.6 Å². The minimum atomic E-state index is -0.500. The second-order valence-electron chi connectivity index (χ2n) is 6.30. The number of hydrogen-bond donors (Lipinski definition) is 1. The Morgan fingerprint density at radius 1 is 1.08 bits per heavy atom. The number of ether oxygens (including phenoxy) is 1. The van der Waals surface area contributed by atoms with E-state index in [1.165, 1.54) is 0 Å². The number of aliphatic hydroxyl groups is 1. The SMILES string of the molecule is CC(=O)N1CC[C@H](O)[C@@H](N2c3ccccc3Oc3ccccc32)C1. The second kappa shape index (κ2) is 5.83. The van der Waals surface area contributed by atoms with Gasteiger partial charge in [-0.25, -0.2) is 0 Å². The number of benzene rings is 2. The number of amides is 1. The summed E-state index contributed by atoms with van der Waals surface area (Å²) in [6.07, 6.45) is 0.0752. The van der Waals surface area contributed by atoms with Crippen LogP contribution in [0.25, 0.3) is 0 Å². The number of piperidine rings is 1. The van der Waals surface area contributed by atoms with Crippen LogP contribution >= 0.6 is 0 Å². The average Bonchev–Trinajstić information content (AvgIpc) is 2.60. The minimum absolute atomic E-state index is 0.0433. The highest BCUT2D eigenvalue weighted by Crippen LogP contribution is 2.48. The highest BCUT2D eigenvalue weighted by atomic mass is 16.5. The van der Waals surface area contributed by atoms with Gasteiger partial charge in [0.2, 0.25) is 5.91 Å². The van der Waals surface area contributed by atoms with Gasteiger partial charge in [0, 0.05) is 20.0 Å². The van der Waals surface area contributed by atoms with Gasteiger partial charge in [0.25, 0.3) is 0 Å². The lowest BCUT2D eigenvalue weighted by Gasteiger charge is -2.45. The Bertz CT molecular complexity index is 731. The Kier molecular flexibility index (Phi) is 3.65. The monoisotopic (exact) mass is 324 g/mol. The summed E-state index contributed by atoms with van der Waals surface area (Å²) in [7, 11) is 0. The topological polar surface area (TPSA) is 53.0 Å². The van der Waals surface area contributed by atoms with Crippen molar-refractivity contribution in [1.29, 1.82) is 0 Å². The fraction of sp³-hybridized carbons (Fsp3) is 0.316. The van der Waals surface area contributed by atoms with Crippen molar-refractivity contribution in [2.24, 2.45) is 0 Å². The van der Waals surface area contributed by atoms with E-state index in [0.29, 0.717) is 19.5 Å². The maximum Gasteiger partial charge on any atom is 0.219 e. The highest BCUT2D eigenvalue weighted by molar-refractivity contribution is 5.79. The fourth-order valence-electron chi connectivity index (χ4n) is 3.55. The minimum Gasteiger partial charge on any atom is -0.453 e. The Morgan fingerprint density at radius 2 is 1.67 bits per heavy atom. The van der Waals surface area contributed by atoms with E-state index in [4.69, 9.17) is 4.74 Å². The molecule has 5 nitrogen and oxygen atoms in total. The third-order valence-electron chi connectivity index (χ3n) is 4.79. The quantitative estimate of drug-likeness (QED) is 0.876. The molecule has 124 valence electrons. The molecule has 1 fully saturated rings. The normalized spacial score (nSPS) is 22.4. The molecule has 1 amide bonds. The predicted molar refractivity (Wildman–Crippen MR) is 91.8 cm³/mol. The number of nitrogens with zero attached hydrogens (tertiary/aromatic N) is 2. The maximum atomic E-state index is 11.8. The van der Waals surface area contributed by atoms with Crippen molar-refractivity contribution in [3.05, 3.63) is 48.5 Å². The van der Waals surface area contributed by atoms with Gasteiger partial charge in [0.05, 0.1) is 23.5 Å². The molecule has 4 rings (SSSR count). The molecular weight excluding hydrogens is 304 g/mol. The zero-order chi connectivity index (χ0) is 16.7. The van der Waals surface area contributed by atoms with E-state index in [0.717, 1.165) is 22.9 Å². The Balaban J connectivity index is 1.80. The summed E-state index contributed by atoms with van der Waals surface area (Å²) >= 11 is 0. The highest BCUT2D eigenvalue weighted by Gasteiger charge is 2.38. The average molecular weight is 324 g/mol. The van der Waals surface area contributed by atoms with Crippen molar-refractivity contribution < 1.29 is 14.6 Å². The summed E-state index contributed by atoms with van der Waals surface area (Å²) < 4.78 is 6.00. The molecule has 5 heteroatoms. The van der Waals surface area contributed by atoms with E-state index in [1.54, 1.807) is 11.8 Å². The fourth-order valence-corrected chi connectivity index (χ4v) is 3.55. The molecule has 1 saturated heterocycles.